The molecule has 0 saturated carbocycles. The average Bonchev–Trinajstić information content (AvgIpc) is 3.04. The minimum absolute atomic E-state index is 0.0584. The maximum atomic E-state index is 14.2. The largest absolute Gasteiger partial charge is 0.393 e. The van der Waals surface area contributed by atoms with Gasteiger partial charge >= 0.3 is 40.9 Å². The van der Waals surface area contributed by atoms with E-state index >= 15 is 0 Å². The number of nitrogens with zero attached hydrogens (tertiary/aromatic N) is 1. The van der Waals surface area contributed by atoms with Gasteiger partial charge in [0.05, 0.1) is 0 Å². The lowest BCUT2D eigenvalue weighted by Gasteiger charge is -2.41. The summed E-state index contributed by atoms with van der Waals surface area (Å²) >= 11 is 3.54. The van der Waals surface area contributed by atoms with Crippen molar-refractivity contribution in [3.8, 4) is 0 Å². The fourth-order valence-corrected chi connectivity index (χ4v) is 2.97. The van der Waals surface area contributed by atoms with Gasteiger partial charge in [0.2, 0.25) is 0 Å². The second-order valence-corrected chi connectivity index (χ2v) is 7.16. The Labute approximate surface area is 167 Å². The Bertz CT molecular complexity index is 825. The molecule has 0 saturated heterocycles. The highest BCUT2D eigenvalue weighted by Crippen LogP contribution is 2.64. The van der Waals surface area contributed by atoms with Gasteiger partial charge in [0.1, 0.15) is 5.69 Å². The van der Waals surface area contributed by atoms with Gasteiger partial charge in [-0.25, -0.2) is 0 Å². The minimum atomic E-state index is -8.13. The molecule has 180 valence electrons. The van der Waals surface area contributed by atoms with Crippen LogP contribution in [0.1, 0.15) is 29.8 Å². The summed E-state index contributed by atoms with van der Waals surface area (Å²) in [7, 11) is 0. The molecule has 2 rings (SSSR count). The third kappa shape index (κ3) is 3.25. The molecule has 0 amide bonds. The van der Waals surface area contributed by atoms with Crippen molar-refractivity contribution in [1.29, 1.82) is 0 Å². The van der Waals surface area contributed by atoms with E-state index in [1.807, 2.05) is 0 Å². The molecule has 31 heavy (non-hydrogen) atoms. The Hall–Kier alpha value is -1.48. The van der Waals surface area contributed by atoms with Gasteiger partial charge in [0.25, 0.3) is 0 Å². The summed E-state index contributed by atoms with van der Waals surface area (Å²) in [5, 5.41) is -2.18. The first-order valence-electron chi connectivity index (χ1n) is 7.99. The molecule has 0 aliphatic heterocycles. The number of rotatable bonds is 7. The lowest BCUT2D eigenvalue weighted by Crippen LogP contribution is -2.72. The summed E-state index contributed by atoms with van der Waals surface area (Å²) in [6.07, 6.45) is -0.158. The normalized spacial score (nSPS) is 17.6. The number of alkyl halides is 15. The van der Waals surface area contributed by atoms with Crippen LogP contribution in [-0.4, -0.2) is 45.2 Å². The first-order valence-corrected chi connectivity index (χ1v) is 8.37. The van der Waals surface area contributed by atoms with Crippen molar-refractivity contribution < 1.29 is 61.5 Å². The van der Waals surface area contributed by atoms with E-state index in [-0.39, 0.29) is 18.5 Å². The van der Waals surface area contributed by atoms with Crippen molar-refractivity contribution in [3.63, 3.8) is 0 Å². The highest BCUT2D eigenvalue weighted by molar-refractivity contribution is 6.22. The van der Waals surface area contributed by atoms with E-state index in [1.165, 1.54) is 0 Å². The van der Waals surface area contributed by atoms with Gasteiger partial charge in [0.15, 0.2) is 0 Å². The number of hydrogen-bond acceptors (Lipinski definition) is 1. The third-order valence-electron chi connectivity index (χ3n) is 4.68. The van der Waals surface area contributed by atoms with Crippen LogP contribution in [0.2, 0.25) is 0 Å². The standard InChI is InChI=1S/C14H9ClF14N2/c15-14(28,29)13(26,27)12(24,25)11(22,23)10(20,21)9(18,19)8(16,17)7-5-3-1-2-4-6(5)30-31-7/h1-4H2,(H,30,31). The number of halogens is 15. The molecule has 0 spiro atoms. The van der Waals surface area contributed by atoms with Gasteiger partial charge in [-0.3, -0.25) is 5.10 Å². The Morgan fingerprint density at radius 1 is 0.613 bits per heavy atom. The molecular weight excluding hydrogens is 498 g/mol. The van der Waals surface area contributed by atoms with E-state index < -0.39 is 58.6 Å². The quantitative estimate of drug-likeness (QED) is 0.337. The van der Waals surface area contributed by atoms with Crippen molar-refractivity contribution in [2.75, 3.05) is 0 Å². The molecule has 1 aromatic rings. The fourth-order valence-electron chi connectivity index (χ4n) is 2.86. The van der Waals surface area contributed by atoms with E-state index in [1.54, 1.807) is 5.10 Å². The van der Waals surface area contributed by atoms with Crippen molar-refractivity contribution in [3.05, 3.63) is 17.0 Å². The van der Waals surface area contributed by atoms with E-state index in [4.69, 9.17) is 0 Å². The predicted molar refractivity (Wildman–Crippen MR) is 74.7 cm³/mol. The van der Waals surface area contributed by atoms with Crippen molar-refractivity contribution in [2.24, 2.45) is 0 Å². The van der Waals surface area contributed by atoms with E-state index in [0.717, 1.165) is 0 Å². The predicted octanol–water partition coefficient (Wildman–Crippen LogP) is 6.39. The number of aryl methyl sites for hydroxylation is 1. The van der Waals surface area contributed by atoms with Crippen LogP contribution in [-0.2, 0) is 18.8 Å². The topological polar surface area (TPSA) is 28.7 Å². The molecular formula is C14H9ClF14N2. The maximum absolute atomic E-state index is 14.2. The van der Waals surface area contributed by atoms with E-state index in [2.05, 4.69) is 16.7 Å². The SMILES string of the molecule is FC(F)(Cl)C(F)(F)C(F)(F)C(F)(F)C(F)(F)C(F)(F)C(F)(F)c1n[nH]c2c1CCCC2. The van der Waals surface area contributed by atoms with Gasteiger partial charge in [-0.15, -0.1) is 0 Å². The Morgan fingerprint density at radius 2 is 1.03 bits per heavy atom. The zero-order valence-electron chi connectivity index (χ0n) is 14.4. The maximum Gasteiger partial charge on any atom is 0.393 e. The number of hydrogen-bond donors (Lipinski definition) is 1. The highest BCUT2D eigenvalue weighted by atomic mass is 35.5. The molecule has 1 N–H and O–H groups in total. The van der Waals surface area contributed by atoms with Crippen LogP contribution in [0, 0.1) is 0 Å². The van der Waals surface area contributed by atoms with Crippen LogP contribution in [0.3, 0.4) is 0 Å². The van der Waals surface area contributed by atoms with Crippen molar-refractivity contribution in [2.45, 2.75) is 66.6 Å². The van der Waals surface area contributed by atoms with Gasteiger partial charge in [0, 0.05) is 11.3 Å². The zero-order chi connectivity index (χ0) is 24.5. The molecule has 1 aliphatic carbocycles. The summed E-state index contributed by atoms with van der Waals surface area (Å²) in [6, 6.07) is 0. The molecule has 2 nitrogen and oxygen atoms in total. The number of fused-ring (bicyclic) bond motifs is 1. The first-order chi connectivity index (χ1) is 13.6. The van der Waals surface area contributed by atoms with Crippen LogP contribution in [0.5, 0.6) is 0 Å². The van der Waals surface area contributed by atoms with Crippen LogP contribution >= 0.6 is 11.6 Å². The lowest BCUT2D eigenvalue weighted by atomic mass is 9.87. The fraction of sp³-hybridized carbons (Fsp3) is 0.786. The summed E-state index contributed by atoms with van der Waals surface area (Å²) in [5.74, 6) is -45.6. The zero-order valence-corrected chi connectivity index (χ0v) is 15.2. The van der Waals surface area contributed by atoms with Crippen molar-refractivity contribution in [1.82, 2.24) is 10.2 Å². The lowest BCUT2D eigenvalue weighted by molar-refractivity contribution is -0.437. The molecule has 0 aromatic carbocycles. The van der Waals surface area contributed by atoms with Gasteiger partial charge in [-0.1, -0.05) is 0 Å². The monoisotopic (exact) mass is 506 g/mol. The van der Waals surface area contributed by atoms with Gasteiger partial charge in [-0.2, -0.15) is 66.6 Å². The van der Waals surface area contributed by atoms with Crippen LogP contribution in [0.4, 0.5) is 61.5 Å². The molecule has 1 aromatic heterocycles. The molecule has 0 unspecified atom stereocenters. The summed E-state index contributed by atoms with van der Waals surface area (Å²) < 4.78 is 189. The molecule has 1 aliphatic rings. The minimum Gasteiger partial charge on any atom is -0.282 e. The number of aromatic amines is 1. The van der Waals surface area contributed by atoms with Crippen LogP contribution in [0.15, 0.2) is 0 Å². The Kier molecular flexibility index (Phi) is 5.83. The third-order valence-corrected chi connectivity index (χ3v) is 4.92. The van der Waals surface area contributed by atoms with Gasteiger partial charge < -0.3 is 0 Å². The molecule has 0 fully saturated rings. The van der Waals surface area contributed by atoms with Crippen LogP contribution in [0.25, 0.3) is 0 Å². The van der Waals surface area contributed by atoms with Crippen LogP contribution < -0.4 is 0 Å². The second-order valence-electron chi connectivity index (χ2n) is 6.68. The highest BCUT2D eigenvalue weighted by Gasteiger charge is 2.93. The smallest absolute Gasteiger partial charge is 0.282 e. The summed E-state index contributed by atoms with van der Waals surface area (Å²) in [4.78, 5) is 0. The molecule has 0 radical (unpaired) electrons. The molecule has 0 bridgehead atoms. The Balaban J connectivity index is 2.62. The number of aromatic nitrogens is 2. The van der Waals surface area contributed by atoms with Crippen molar-refractivity contribution >= 4 is 11.6 Å². The molecule has 17 heteroatoms. The number of H-pyrrole nitrogens is 1. The van der Waals surface area contributed by atoms with E-state index in [9.17, 15) is 61.5 Å². The van der Waals surface area contributed by atoms with Gasteiger partial charge in [-0.05, 0) is 37.3 Å². The second kappa shape index (κ2) is 7.01. The molecule has 0 atom stereocenters. The number of nitrogens with one attached hydrogen (secondary N) is 1. The van der Waals surface area contributed by atoms with E-state index in [0.29, 0.717) is 6.42 Å². The Morgan fingerprint density at radius 3 is 1.52 bits per heavy atom. The molecule has 1 heterocycles. The first kappa shape index (κ1) is 25.8. The average molecular weight is 507 g/mol. The summed E-state index contributed by atoms with van der Waals surface area (Å²) in [5.41, 5.74) is -3.22. The summed E-state index contributed by atoms with van der Waals surface area (Å²) in [6.45, 7) is 0.